The minimum Gasteiger partial charge on any atom is -0.493 e. The molecular weight excluding hydrogens is 405 g/mol. The predicted octanol–water partition coefficient (Wildman–Crippen LogP) is 6.85. The number of hydrogen-bond donors (Lipinski definition) is 1. The Bertz CT molecular complexity index is 931. The van der Waals surface area contributed by atoms with Crippen molar-refractivity contribution in [2.24, 2.45) is 0 Å². The molecule has 0 saturated carbocycles. The molecule has 27 heavy (non-hydrogen) atoms. The highest BCUT2D eigenvalue weighted by Crippen LogP contribution is 2.31. The molecule has 0 saturated heterocycles. The number of nitrogens with one attached hydrogen (secondary N) is 1. The van der Waals surface area contributed by atoms with Gasteiger partial charge >= 0.3 is 0 Å². The van der Waals surface area contributed by atoms with Gasteiger partial charge < -0.3 is 14.8 Å². The number of ether oxygens (including phenoxy) is 2. The van der Waals surface area contributed by atoms with Gasteiger partial charge in [-0.05, 0) is 42.0 Å². The van der Waals surface area contributed by atoms with Crippen LogP contribution in [0.25, 0.3) is 0 Å². The lowest BCUT2D eigenvalue weighted by molar-refractivity contribution is 0.284. The lowest BCUT2D eigenvalue weighted by Gasteiger charge is -2.14. The Morgan fingerprint density at radius 1 is 0.852 bits per heavy atom. The third-order valence-electron chi connectivity index (χ3n) is 3.98. The molecule has 0 aliphatic carbocycles. The smallest absolute Gasteiger partial charge is 0.161 e. The Hall–Kier alpha value is -2.07. The SMILES string of the molecule is COc1cc(CNc2ccc(Cl)cc2Cl)ccc1OCc1ccccc1Cl. The first-order valence-corrected chi connectivity index (χ1v) is 9.42. The van der Waals surface area contributed by atoms with Crippen LogP contribution in [-0.4, -0.2) is 7.11 Å². The number of anilines is 1. The first-order chi connectivity index (χ1) is 13.1. The summed E-state index contributed by atoms with van der Waals surface area (Å²) in [7, 11) is 1.62. The molecule has 3 aromatic rings. The number of rotatable bonds is 7. The molecular formula is C21H18Cl3NO2. The van der Waals surface area contributed by atoms with E-state index in [1.54, 1.807) is 19.2 Å². The molecule has 0 aromatic heterocycles. The first-order valence-electron chi connectivity index (χ1n) is 8.29. The summed E-state index contributed by atoms with van der Waals surface area (Å²) in [5, 5.41) is 5.15. The van der Waals surface area contributed by atoms with E-state index in [4.69, 9.17) is 44.3 Å². The highest BCUT2D eigenvalue weighted by molar-refractivity contribution is 6.36. The summed E-state index contributed by atoms with van der Waals surface area (Å²) in [6.45, 7) is 0.955. The molecule has 0 unspecified atom stereocenters. The van der Waals surface area contributed by atoms with Crippen molar-refractivity contribution in [2.75, 3.05) is 12.4 Å². The Balaban J connectivity index is 1.67. The minimum atomic E-state index is 0.369. The molecule has 6 heteroatoms. The summed E-state index contributed by atoms with van der Waals surface area (Å²) < 4.78 is 11.3. The van der Waals surface area contributed by atoms with Crippen LogP contribution in [0.4, 0.5) is 5.69 Å². The molecule has 3 nitrogen and oxygen atoms in total. The second-order valence-electron chi connectivity index (χ2n) is 5.84. The van der Waals surface area contributed by atoms with Gasteiger partial charge in [0.05, 0.1) is 17.8 Å². The van der Waals surface area contributed by atoms with Crippen molar-refractivity contribution in [3.8, 4) is 11.5 Å². The van der Waals surface area contributed by atoms with Crippen LogP contribution < -0.4 is 14.8 Å². The Kier molecular flexibility index (Phi) is 6.73. The zero-order valence-electron chi connectivity index (χ0n) is 14.6. The maximum atomic E-state index is 6.19. The normalized spacial score (nSPS) is 10.5. The van der Waals surface area contributed by atoms with E-state index in [0.717, 1.165) is 16.8 Å². The van der Waals surface area contributed by atoms with E-state index in [9.17, 15) is 0 Å². The van der Waals surface area contributed by atoms with Crippen LogP contribution in [0.3, 0.4) is 0 Å². The van der Waals surface area contributed by atoms with Gasteiger partial charge in [0.1, 0.15) is 6.61 Å². The molecule has 140 valence electrons. The maximum absolute atomic E-state index is 6.19. The lowest BCUT2D eigenvalue weighted by Crippen LogP contribution is -2.02. The van der Waals surface area contributed by atoms with E-state index < -0.39 is 0 Å². The van der Waals surface area contributed by atoms with Crippen LogP contribution in [0.5, 0.6) is 11.5 Å². The molecule has 0 spiro atoms. The van der Waals surface area contributed by atoms with Crippen LogP contribution >= 0.6 is 34.8 Å². The van der Waals surface area contributed by atoms with Gasteiger partial charge in [0.2, 0.25) is 0 Å². The van der Waals surface area contributed by atoms with Crippen molar-refractivity contribution < 1.29 is 9.47 Å². The van der Waals surface area contributed by atoms with E-state index in [-0.39, 0.29) is 0 Å². The van der Waals surface area contributed by atoms with Crippen LogP contribution in [0.1, 0.15) is 11.1 Å². The average molecular weight is 423 g/mol. The van der Waals surface area contributed by atoms with Crippen molar-refractivity contribution in [3.63, 3.8) is 0 Å². The molecule has 0 heterocycles. The molecule has 3 rings (SSSR count). The van der Waals surface area contributed by atoms with E-state index in [2.05, 4.69) is 5.32 Å². The molecule has 3 aromatic carbocycles. The fraction of sp³-hybridized carbons (Fsp3) is 0.143. The number of halogens is 3. The number of methoxy groups -OCH3 is 1. The van der Waals surface area contributed by atoms with E-state index >= 15 is 0 Å². The van der Waals surface area contributed by atoms with Crippen molar-refractivity contribution in [1.29, 1.82) is 0 Å². The summed E-state index contributed by atoms with van der Waals surface area (Å²) in [5.41, 5.74) is 2.77. The highest BCUT2D eigenvalue weighted by Gasteiger charge is 2.08. The molecule has 0 radical (unpaired) electrons. The van der Waals surface area contributed by atoms with Crippen molar-refractivity contribution in [1.82, 2.24) is 0 Å². The van der Waals surface area contributed by atoms with Crippen molar-refractivity contribution >= 4 is 40.5 Å². The predicted molar refractivity (Wildman–Crippen MR) is 113 cm³/mol. The molecule has 0 aliphatic heterocycles. The fourth-order valence-corrected chi connectivity index (χ4v) is 3.21. The zero-order valence-corrected chi connectivity index (χ0v) is 16.9. The highest BCUT2D eigenvalue weighted by atomic mass is 35.5. The van der Waals surface area contributed by atoms with Gasteiger partial charge in [0.25, 0.3) is 0 Å². The monoisotopic (exact) mass is 421 g/mol. The van der Waals surface area contributed by atoms with Crippen LogP contribution in [0.15, 0.2) is 60.7 Å². The topological polar surface area (TPSA) is 30.5 Å². The molecule has 1 N–H and O–H groups in total. The molecule has 0 fully saturated rings. The standard InChI is InChI=1S/C21H18Cl3NO2/c1-26-21-10-14(12-25-19-8-7-16(22)11-18(19)24)6-9-20(21)27-13-15-4-2-3-5-17(15)23/h2-11,25H,12-13H2,1H3. The lowest BCUT2D eigenvalue weighted by atomic mass is 10.2. The first kappa shape index (κ1) is 19.7. The van der Waals surface area contributed by atoms with Gasteiger partial charge in [0.15, 0.2) is 11.5 Å². The largest absolute Gasteiger partial charge is 0.493 e. The van der Waals surface area contributed by atoms with Crippen LogP contribution in [0.2, 0.25) is 15.1 Å². The van der Waals surface area contributed by atoms with Gasteiger partial charge in [-0.2, -0.15) is 0 Å². The van der Waals surface area contributed by atoms with Gasteiger partial charge in [-0.25, -0.2) is 0 Å². The Morgan fingerprint density at radius 2 is 1.67 bits per heavy atom. The summed E-state index contributed by atoms with van der Waals surface area (Å²) in [6, 6.07) is 18.7. The summed E-state index contributed by atoms with van der Waals surface area (Å²) in [4.78, 5) is 0. The van der Waals surface area contributed by atoms with Crippen molar-refractivity contribution in [3.05, 3.63) is 86.9 Å². The van der Waals surface area contributed by atoms with Gasteiger partial charge in [0, 0.05) is 22.2 Å². The van der Waals surface area contributed by atoms with E-state index in [1.165, 1.54) is 0 Å². The minimum absolute atomic E-state index is 0.369. The second-order valence-corrected chi connectivity index (χ2v) is 7.09. The third kappa shape index (κ3) is 5.23. The summed E-state index contributed by atoms with van der Waals surface area (Å²) in [6.07, 6.45) is 0. The zero-order chi connectivity index (χ0) is 19.2. The molecule has 0 amide bonds. The Labute approximate surface area is 173 Å². The van der Waals surface area contributed by atoms with Gasteiger partial charge in [-0.15, -0.1) is 0 Å². The molecule has 0 bridgehead atoms. The number of benzene rings is 3. The van der Waals surface area contributed by atoms with Crippen molar-refractivity contribution in [2.45, 2.75) is 13.2 Å². The molecule has 0 aliphatic rings. The van der Waals surface area contributed by atoms with Crippen LogP contribution in [-0.2, 0) is 13.2 Å². The van der Waals surface area contributed by atoms with E-state index in [0.29, 0.717) is 39.7 Å². The Morgan fingerprint density at radius 3 is 2.41 bits per heavy atom. The van der Waals surface area contributed by atoms with Gasteiger partial charge in [-0.1, -0.05) is 59.1 Å². The number of hydrogen-bond acceptors (Lipinski definition) is 3. The second kappa shape index (κ2) is 9.23. The average Bonchev–Trinajstić information content (AvgIpc) is 2.67. The maximum Gasteiger partial charge on any atom is 0.161 e. The molecule has 0 atom stereocenters. The summed E-state index contributed by atoms with van der Waals surface area (Å²) >= 11 is 18.3. The third-order valence-corrected chi connectivity index (χ3v) is 4.90. The van der Waals surface area contributed by atoms with Gasteiger partial charge in [-0.3, -0.25) is 0 Å². The summed E-state index contributed by atoms with van der Waals surface area (Å²) in [5.74, 6) is 1.31. The van der Waals surface area contributed by atoms with E-state index in [1.807, 2.05) is 48.5 Å². The van der Waals surface area contributed by atoms with Crippen LogP contribution in [0, 0.1) is 0 Å². The quantitative estimate of drug-likeness (QED) is 0.452. The fourth-order valence-electron chi connectivity index (χ4n) is 2.54.